The minimum Gasteiger partial charge on any atom is -0.380 e. The number of carbonyl (C=O) groups excluding carboxylic acids is 1. The summed E-state index contributed by atoms with van der Waals surface area (Å²) in [5.41, 5.74) is 2.10. The molecule has 2 aliphatic rings. The molecule has 0 unspecified atom stereocenters. The molecule has 10 heteroatoms. The molecule has 2 aromatic carbocycles. The van der Waals surface area contributed by atoms with Crippen LogP contribution in [0.15, 0.2) is 52.9 Å². The van der Waals surface area contributed by atoms with Crippen LogP contribution in [0.1, 0.15) is 34.7 Å². The first-order valence-corrected chi connectivity index (χ1v) is 12.6. The fourth-order valence-corrected chi connectivity index (χ4v) is 5.05. The van der Waals surface area contributed by atoms with Gasteiger partial charge in [0.2, 0.25) is 0 Å². The smallest absolute Gasteiger partial charge is 0.380 e. The minimum absolute atomic E-state index is 0.0663. The largest absolute Gasteiger partial charge is 0.416 e. The van der Waals surface area contributed by atoms with E-state index in [1.54, 1.807) is 37.3 Å². The number of hydrogen-bond acceptors (Lipinski definition) is 6. The number of likely N-dealkylation sites (N-methyl/N-ethyl adjacent to an activating group) is 1. The number of rotatable bonds is 6. The van der Waals surface area contributed by atoms with Crippen molar-refractivity contribution in [3.63, 3.8) is 0 Å². The van der Waals surface area contributed by atoms with Gasteiger partial charge in [-0.05, 0) is 66.7 Å². The maximum atomic E-state index is 13.7. The first-order valence-electron chi connectivity index (χ1n) is 11.8. The van der Waals surface area contributed by atoms with Gasteiger partial charge in [-0.1, -0.05) is 30.4 Å². The van der Waals surface area contributed by atoms with Gasteiger partial charge in [0, 0.05) is 50.2 Å². The highest BCUT2D eigenvalue weighted by atomic mass is 32.2. The van der Waals surface area contributed by atoms with E-state index in [2.05, 4.69) is 33.7 Å². The van der Waals surface area contributed by atoms with Gasteiger partial charge in [0.1, 0.15) is 0 Å². The number of allylic oxidation sites excluding steroid dienone is 1. The van der Waals surface area contributed by atoms with Gasteiger partial charge in [-0.25, -0.2) is 0 Å². The summed E-state index contributed by atoms with van der Waals surface area (Å²) in [5, 5.41) is 11.5. The molecule has 1 amide bonds. The Kier molecular flexibility index (Phi) is 7.89. The molecule has 0 aliphatic carbocycles. The van der Waals surface area contributed by atoms with Gasteiger partial charge in [0.25, 0.3) is 5.91 Å². The van der Waals surface area contributed by atoms with Crippen molar-refractivity contribution in [2.45, 2.75) is 19.6 Å². The van der Waals surface area contributed by atoms with E-state index >= 15 is 0 Å². The zero-order valence-electron chi connectivity index (χ0n) is 20.7. The summed E-state index contributed by atoms with van der Waals surface area (Å²) in [6, 6.07) is 9.37. The molecule has 4 rings (SSSR count). The quantitative estimate of drug-likeness (QED) is 0.380. The number of amidine groups is 1. The van der Waals surface area contributed by atoms with E-state index < -0.39 is 11.7 Å². The number of amides is 1. The number of aliphatic imine (C=N–C) groups is 1. The molecular weight excluding hydrogens is 499 g/mol. The average molecular weight is 528 g/mol. The lowest BCUT2D eigenvalue weighted by molar-refractivity contribution is -0.138. The van der Waals surface area contributed by atoms with Crippen LogP contribution >= 0.6 is 11.8 Å². The SMILES string of the molecule is C=C(C)c1ccc(CNc2ccc(/C=C3\SC(N4CCN(C)CC4)=NC3=O)cc2C=N)c(C(F)(F)F)c1. The number of piperazine rings is 1. The molecule has 0 aromatic heterocycles. The molecule has 1 saturated heterocycles. The monoisotopic (exact) mass is 527 g/mol. The fraction of sp³-hybridized carbons (Fsp3) is 0.296. The highest BCUT2D eigenvalue weighted by Gasteiger charge is 2.33. The van der Waals surface area contributed by atoms with Crippen LogP contribution < -0.4 is 5.32 Å². The van der Waals surface area contributed by atoms with Gasteiger partial charge >= 0.3 is 6.18 Å². The first-order chi connectivity index (χ1) is 17.5. The predicted molar refractivity (Wildman–Crippen MR) is 145 cm³/mol. The van der Waals surface area contributed by atoms with E-state index in [1.165, 1.54) is 17.8 Å². The Morgan fingerprint density at radius 1 is 1.19 bits per heavy atom. The summed E-state index contributed by atoms with van der Waals surface area (Å²) in [6.07, 6.45) is -1.64. The van der Waals surface area contributed by atoms with Gasteiger partial charge < -0.3 is 20.5 Å². The van der Waals surface area contributed by atoms with Crippen LogP contribution in [0.4, 0.5) is 18.9 Å². The van der Waals surface area contributed by atoms with Crippen LogP contribution in [0.25, 0.3) is 11.6 Å². The Morgan fingerprint density at radius 2 is 1.92 bits per heavy atom. The lowest BCUT2D eigenvalue weighted by Crippen LogP contribution is -2.46. The molecule has 0 radical (unpaired) electrons. The Balaban J connectivity index is 1.49. The van der Waals surface area contributed by atoms with Crippen molar-refractivity contribution in [1.82, 2.24) is 9.80 Å². The van der Waals surface area contributed by atoms with Gasteiger partial charge in [-0.3, -0.25) is 4.79 Å². The maximum Gasteiger partial charge on any atom is 0.416 e. The Labute approximate surface area is 218 Å². The number of benzene rings is 2. The number of hydrogen-bond donors (Lipinski definition) is 2. The maximum absolute atomic E-state index is 13.7. The Morgan fingerprint density at radius 3 is 2.57 bits per heavy atom. The van der Waals surface area contributed by atoms with Crippen molar-refractivity contribution < 1.29 is 18.0 Å². The van der Waals surface area contributed by atoms with Gasteiger partial charge in [-0.15, -0.1) is 0 Å². The average Bonchev–Trinajstić information content (AvgIpc) is 3.22. The Bertz CT molecular complexity index is 1290. The van der Waals surface area contributed by atoms with Crippen molar-refractivity contribution in [1.29, 1.82) is 5.41 Å². The minimum atomic E-state index is -4.50. The second-order valence-electron chi connectivity index (χ2n) is 9.10. The predicted octanol–water partition coefficient (Wildman–Crippen LogP) is 5.57. The number of nitrogens with one attached hydrogen (secondary N) is 2. The molecule has 0 spiro atoms. The molecule has 0 saturated carbocycles. The van der Waals surface area contributed by atoms with Crippen molar-refractivity contribution in [3.05, 3.63) is 75.7 Å². The Hall–Kier alpha value is -3.37. The van der Waals surface area contributed by atoms with Crippen molar-refractivity contribution in [2.24, 2.45) is 4.99 Å². The second-order valence-corrected chi connectivity index (χ2v) is 10.1. The van der Waals surface area contributed by atoms with Crippen molar-refractivity contribution >= 4 is 46.4 Å². The topological polar surface area (TPSA) is 71.8 Å². The molecule has 1 fully saturated rings. The molecule has 0 atom stereocenters. The van der Waals surface area contributed by atoms with Crippen molar-refractivity contribution in [2.75, 3.05) is 38.5 Å². The molecule has 2 heterocycles. The van der Waals surface area contributed by atoms with E-state index in [0.717, 1.165) is 38.5 Å². The summed E-state index contributed by atoms with van der Waals surface area (Å²) in [4.78, 5) is 21.5. The first kappa shape index (κ1) is 26.7. The fourth-order valence-electron chi connectivity index (χ4n) is 4.08. The van der Waals surface area contributed by atoms with E-state index in [4.69, 9.17) is 5.41 Å². The molecule has 37 heavy (non-hydrogen) atoms. The summed E-state index contributed by atoms with van der Waals surface area (Å²) in [6.45, 7) is 8.77. The number of carbonyl (C=O) groups is 1. The molecule has 194 valence electrons. The van der Waals surface area contributed by atoms with Crippen LogP contribution in [0, 0.1) is 5.41 Å². The summed E-state index contributed by atoms with van der Waals surface area (Å²) >= 11 is 1.34. The normalized spacial score (nSPS) is 17.8. The third kappa shape index (κ3) is 6.31. The van der Waals surface area contributed by atoms with Gasteiger partial charge in [0.05, 0.1) is 10.5 Å². The van der Waals surface area contributed by atoms with E-state index in [-0.39, 0.29) is 18.0 Å². The molecule has 6 nitrogen and oxygen atoms in total. The van der Waals surface area contributed by atoms with Crippen LogP contribution in [-0.2, 0) is 17.5 Å². The van der Waals surface area contributed by atoms with Crippen LogP contribution in [0.2, 0.25) is 0 Å². The zero-order chi connectivity index (χ0) is 26.7. The summed E-state index contributed by atoms with van der Waals surface area (Å²) < 4.78 is 41.0. The molecule has 2 aliphatic heterocycles. The number of anilines is 1. The van der Waals surface area contributed by atoms with Crippen molar-refractivity contribution in [3.8, 4) is 0 Å². The molecule has 0 bridgehead atoms. The van der Waals surface area contributed by atoms with Crippen LogP contribution in [-0.4, -0.2) is 60.3 Å². The van der Waals surface area contributed by atoms with E-state index in [0.29, 0.717) is 38.0 Å². The highest BCUT2D eigenvalue weighted by Crippen LogP contribution is 2.35. The number of nitrogens with zero attached hydrogens (tertiary/aromatic N) is 3. The van der Waals surface area contributed by atoms with Crippen LogP contribution in [0.5, 0.6) is 0 Å². The van der Waals surface area contributed by atoms with E-state index in [9.17, 15) is 18.0 Å². The lowest BCUT2D eigenvalue weighted by Gasteiger charge is -2.32. The van der Waals surface area contributed by atoms with Gasteiger partial charge in [-0.2, -0.15) is 18.2 Å². The number of halogens is 3. The molecule has 2 N–H and O–H groups in total. The zero-order valence-corrected chi connectivity index (χ0v) is 21.5. The lowest BCUT2D eigenvalue weighted by atomic mass is 10.00. The number of thioether (sulfide) groups is 1. The standard InChI is InChI=1S/C27H28F3N5OS/c1-17(2)19-5-6-20(22(14-19)27(28,29)30)16-32-23-7-4-18(12-21(23)15-31)13-24-25(36)33-26(37-24)35-10-8-34(3)9-11-35/h4-7,12-15,31-32H,1,8-11,16H2,2-3H3/b24-13-,31-15?. The molecule has 2 aromatic rings. The van der Waals surface area contributed by atoms with E-state index in [1.807, 2.05) is 0 Å². The number of alkyl halides is 3. The highest BCUT2D eigenvalue weighted by molar-refractivity contribution is 8.18. The summed E-state index contributed by atoms with van der Waals surface area (Å²) in [7, 11) is 2.06. The van der Waals surface area contributed by atoms with Gasteiger partial charge in [0.15, 0.2) is 5.17 Å². The molecular formula is C27H28F3N5OS. The second kappa shape index (κ2) is 10.9. The third-order valence-corrected chi connectivity index (χ3v) is 7.33. The summed E-state index contributed by atoms with van der Waals surface area (Å²) in [5.74, 6) is -0.296. The third-order valence-electron chi connectivity index (χ3n) is 6.29. The van der Waals surface area contributed by atoms with Crippen LogP contribution in [0.3, 0.4) is 0 Å².